The number of hydrogen-bond donors (Lipinski definition) is 0. The van der Waals surface area contributed by atoms with Gasteiger partial charge in [0, 0.05) is 0 Å². The highest BCUT2D eigenvalue weighted by Crippen LogP contribution is 2.44. The molecule has 8 nitrogen and oxygen atoms in total. The van der Waals surface area contributed by atoms with Gasteiger partial charge < -0.3 is 9.47 Å². The van der Waals surface area contributed by atoms with Gasteiger partial charge >= 0.3 is 11.9 Å². The van der Waals surface area contributed by atoms with E-state index in [1.165, 1.54) is 24.0 Å². The SMILES string of the molecule is COC(=O)Cc1ccc(N2C(=O)C(=C3SC(=S)N(c4ccc(CC(=O)OC)cc4)C3=O)SC2=S)cc1. The number of thiocarbonyl (C=S) groups is 2. The van der Waals surface area contributed by atoms with Gasteiger partial charge in [0.1, 0.15) is 0 Å². The highest BCUT2D eigenvalue weighted by atomic mass is 32.2. The molecule has 2 amide bonds. The van der Waals surface area contributed by atoms with Crippen molar-refractivity contribution in [1.29, 1.82) is 0 Å². The van der Waals surface area contributed by atoms with Crippen LogP contribution in [0.25, 0.3) is 0 Å². The molecule has 0 spiro atoms. The summed E-state index contributed by atoms with van der Waals surface area (Å²) >= 11 is 13.0. The molecule has 2 aromatic carbocycles. The minimum Gasteiger partial charge on any atom is -0.469 e. The number of anilines is 2. The van der Waals surface area contributed by atoms with Crippen LogP contribution in [-0.4, -0.2) is 46.6 Å². The van der Waals surface area contributed by atoms with Crippen molar-refractivity contribution in [2.75, 3.05) is 24.0 Å². The van der Waals surface area contributed by atoms with Crippen molar-refractivity contribution in [2.24, 2.45) is 0 Å². The number of rotatable bonds is 6. The Balaban J connectivity index is 1.55. The lowest BCUT2D eigenvalue weighted by Gasteiger charge is -2.15. The van der Waals surface area contributed by atoms with Gasteiger partial charge in [-0.1, -0.05) is 72.2 Å². The maximum atomic E-state index is 13.3. The predicted molar refractivity (Wildman–Crippen MR) is 147 cm³/mol. The first-order chi connectivity index (χ1) is 17.2. The lowest BCUT2D eigenvalue weighted by molar-refractivity contribution is -0.140. The molecule has 4 rings (SSSR count). The zero-order chi connectivity index (χ0) is 26.0. The minimum absolute atomic E-state index is 0.112. The largest absolute Gasteiger partial charge is 0.469 e. The molecule has 2 heterocycles. The van der Waals surface area contributed by atoms with Gasteiger partial charge in [0.15, 0.2) is 8.64 Å². The molecule has 2 aliphatic rings. The Bertz CT molecular complexity index is 1220. The topological polar surface area (TPSA) is 93.2 Å². The molecule has 0 saturated carbocycles. The molecular formula is C24H18N2O6S4. The Hall–Kier alpha value is -3.06. The normalized spacial score (nSPS) is 17.7. The van der Waals surface area contributed by atoms with Gasteiger partial charge in [-0.25, -0.2) is 0 Å². The van der Waals surface area contributed by atoms with Crippen molar-refractivity contribution in [2.45, 2.75) is 12.8 Å². The fourth-order valence-corrected chi connectivity index (χ4v) is 6.21. The van der Waals surface area contributed by atoms with Gasteiger partial charge in [0.05, 0.1) is 48.2 Å². The van der Waals surface area contributed by atoms with Crippen LogP contribution in [-0.2, 0) is 41.5 Å². The van der Waals surface area contributed by atoms with E-state index < -0.39 is 11.8 Å². The second-order valence-electron chi connectivity index (χ2n) is 7.51. The Kier molecular flexibility index (Phi) is 7.88. The number of amides is 2. The number of thioether (sulfide) groups is 2. The van der Waals surface area contributed by atoms with Crippen molar-refractivity contribution in [3.63, 3.8) is 0 Å². The quantitative estimate of drug-likeness (QED) is 0.296. The van der Waals surface area contributed by atoms with Gasteiger partial charge in [0.2, 0.25) is 0 Å². The van der Waals surface area contributed by atoms with Crippen molar-refractivity contribution >= 4 is 91.7 Å². The average molecular weight is 559 g/mol. The van der Waals surface area contributed by atoms with Crippen molar-refractivity contribution in [3.05, 3.63) is 69.5 Å². The number of benzene rings is 2. The molecule has 0 atom stereocenters. The van der Waals surface area contributed by atoms with Crippen LogP contribution in [0.4, 0.5) is 11.4 Å². The summed E-state index contributed by atoms with van der Waals surface area (Å²) in [6, 6.07) is 13.6. The van der Waals surface area contributed by atoms with Gasteiger partial charge in [0.25, 0.3) is 11.8 Å². The third-order valence-corrected chi connectivity index (χ3v) is 8.16. The van der Waals surface area contributed by atoms with Crippen LogP contribution in [0.3, 0.4) is 0 Å². The molecule has 0 aliphatic carbocycles. The highest BCUT2D eigenvalue weighted by molar-refractivity contribution is 8.30. The maximum Gasteiger partial charge on any atom is 0.309 e. The molecule has 0 N–H and O–H groups in total. The van der Waals surface area contributed by atoms with Crippen LogP contribution >= 0.6 is 48.0 Å². The molecule has 0 unspecified atom stereocenters. The Morgan fingerprint density at radius 3 is 1.33 bits per heavy atom. The van der Waals surface area contributed by atoms with E-state index >= 15 is 0 Å². The van der Waals surface area contributed by atoms with Gasteiger partial charge in [-0.3, -0.25) is 29.0 Å². The summed E-state index contributed by atoms with van der Waals surface area (Å²) in [4.78, 5) is 52.7. The lowest BCUT2D eigenvalue weighted by atomic mass is 10.1. The standard InChI is InChI=1S/C24H18N2O6S4/c1-31-17(27)11-13-3-7-15(8-4-13)25-21(29)19(35-23(25)33)20-22(30)26(24(34)36-20)16-9-5-14(6-10-16)12-18(28)32-2/h3-10H,11-12H2,1-2H3. The zero-order valence-corrected chi connectivity index (χ0v) is 22.3. The fraction of sp³-hybridized carbons (Fsp3) is 0.167. The van der Waals surface area contributed by atoms with E-state index in [2.05, 4.69) is 9.47 Å². The number of esters is 2. The average Bonchev–Trinajstić information content (AvgIpc) is 3.33. The van der Waals surface area contributed by atoms with Gasteiger partial charge in [-0.15, -0.1) is 0 Å². The molecule has 2 aliphatic heterocycles. The first kappa shape index (κ1) is 26.0. The fourth-order valence-electron chi connectivity index (χ4n) is 3.46. The molecule has 12 heteroatoms. The summed E-state index contributed by atoms with van der Waals surface area (Å²) < 4.78 is 9.92. The number of methoxy groups -OCH3 is 2. The molecule has 0 radical (unpaired) electrons. The van der Waals surface area contributed by atoms with Crippen LogP contribution in [0.5, 0.6) is 0 Å². The zero-order valence-electron chi connectivity index (χ0n) is 19.0. The van der Waals surface area contributed by atoms with Crippen LogP contribution in [0.15, 0.2) is 58.3 Å². The van der Waals surface area contributed by atoms with E-state index in [1.54, 1.807) is 48.5 Å². The molecule has 0 bridgehead atoms. The lowest BCUT2D eigenvalue weighted by Crippen LogP contribution is -2.29. The van der Waals surface area contributed by atoms with Gasteiger partial charge in [-0.2, -0.15) is 0 Å². The van der Waals surface area contributed by atoms with E-state index in [0.717, 1.165) is 34.7 Å². The van der Waals surface area contributed by atoms with E-state index in [9.17, 15) is 19.2 Å². The molecule has 2 saturated heterocycles. The Morgan fingerprint density at radius 2 is 1.03 bits per heavy atom. The van der Waals surface area contributed by atoms with Crippen molar-refractivity contribution < 1.29 is 28.7 Å². The molecule has 36 heavy (non-hydrogen) atoms. The molecule has 2 fully saturated rings. The monoisotopic (exact) mass is 558 g/mol. The molecule has 2 aromatic rings. The number of nitrogens with zero attached hydrogens (tertiary/aromatic N) is 2. The first-order valence-corrected chi connectivity index (χ1v) is 12.9. The first-order valence-electron chi connectivity index (χ1n) is 10.4. The third kappa shape index (κ3) is 5.21. The number of ether oxygens (including phenoxy) is 2. The molecular weight excluding hydrogens is 541 g/mol. The minimum atomic E-state index is -0.417. The second-order valence-corrected chi connectivity index (χ2v) is 10.8. The second kappa shape index (κ2) is 10.9. The summed E-state index contributed by atoms with van der Waals surface area (Å²) in [5.74, 6) is -1.57. The summed E-state index contributed by atoms with van der Waals surface area (Å²) in [7, 11) is 2.64. The van der Waals surface area contributed by atoms with Crippen LogP contribution in [0.1, 0.15) is 11.1 Å². The number of hydrogen-bond acceptors (Lipinski definition) is 10. The predicted octanol–water partition coefficient (Wildman–Crippen LogP) is 3.76. The smallest absolute Gasteiger partial charge is 0.309 e. The summed E-state index contributed by atoms with van der Waals surface area (Å²) in [5.41, 5.74) is 2.51. The maximum absolute atomic E-state index is 13.3. The van der Waals surface area contributed by atoms with E-state index in [1.807, 2.05) is 0 Å². The van der Waals surface area contributed by atoms with E-state index in [0.29, 0.717) is 11.4 Å². The molecule has 0 aromatic heterocycles. The van der Waals surface area contributed by atoms with E-state index in [-0.39, 0.29) is 43.2 Å². The summed E-state index contributed by atoms with van der Waals surface area (Å²) in [5, 5.41) is 0. The van der Waals surface area contributed by atoms with E-state index in [4.69, 9.17) is 24.4 Å². The van der Waals surface area contributed by atoms with Crippen molar-refractivity contribution in [1.82, 2.24) is 0 Å². The van der Waals surface area contributed by atoms with Crippen LogP contribution < -0.4 is 9.80 Å². The Labute approximate surface area is 226 Å². The molecule has 184 valence electrons. The Morgan fingerprint density at radius 1 is 0.694 bits per heavy atom. The highest BCUT2D eigenvalue weighted by Gasteiger charge is 2.43. The van der Waals surface area contributed by atoms with Gasteiger partial charge in [-0.05, 0) is 35.4 Å². The van der Waals surface area contributed by atoms with Crippen molar-refractivity contribution in [3.8, 4) is 0 Å². The number of carbonyl (C=O) groups is 4. The van der Waals surface area contributed by atoms with Crippen LogP contribution in [0.2, 0.25) is 0 Å². The van der Waals surface area contributed by atoms with Crippen LogP contribution in [0, 0.1) is 0 Å². The number of carbonyl (C=O) groups excluding carboxylic acids is 4. The third-order valence-electron chi connectivity index (χ3n) is 5.29. The summed E-state index contributed by atoms with van der Waals surface area (Å²) in [6.45, 7) is 0. The summed E-state index contributed by atoms with van der Waals surface area (Å²) in [6.07, 6.45) is 0.225.